The van der Waals surface area contributed by atoms with Crippen LogP contribution in [0.15, 0.2) is 48.5 Å². The molecule has 0 saturated carbocycles. The van der Waals surface area contributed by atoms with Gasteiger partial charge < -0.3 is 9.64 Å². The predicted octanol–water partition coefficient (Wildman–Crippen LogP) is 2.86. The first-order chi connectivity index (χ1) is 12.3. The third-order valence-electron chi connectivity index (χ3n) is 5.10. The van der Waals surface area contributed by atoms with Gasteiger partial charge in [-0.25, -0.2) is 0 Å². The lowest BCUT2D eigenvalue weighted by Crippen LogP contribution is -2.40. The maximum Gasteiger partial charge on any atom is 0.237 e. The van der Waals surface area contributed by atoms with Gasteiger partial charge in [0.2, 0.25) is 5.91 Å². The number of benzene rings is 2. The van der Waals surface area contributed by atoms with Crippen molar-refractivity contribution in [2.24, 2.45) is 0 Å². The highest BCUT2D eigenvalue weighted by Crippen LogP contribution is 2.23. The monoisotopic (exact) mass is 336 g/mol. The van der Waals surface area contributed by atoms with Gasteiger partial charge in [0.25, 0.3) is 0 Å². The Bertz CT molecular complexity index is 759. The van der Waals surface area contributed by atoms with E-state index in [-0.39, 0.29) is 5.91 Å². The molecule has 0 radical (unpaired) electrons. The molecule has 0 saturated heterocycles. The molecule has 0 N–H and O–H groups in total. The number of fused-ring (bicyclic) bond motifs is 2. The van der Waals surface area contributed by atoms with Crippen molar-refractivity contribution < 1.29 is 9.53 Å². The summed E-state index contributed by atoms with van der Waals surface area (Å²) >= 11 is 0. The van der Waals surface area contributed by atoms with E-state index in [9.17, 15) is 4.79 Å². The Balaban J connectivity index is 1.43. The second kappa shape index (κ2) is 7.28. The fourth-order valence-corrected chi connectivity index (χ4v) is 3.72. The second-order valence-corrected chi connectivity index (χ2v) is 6.85. The Hall–Kier alpha value is -2.33. The smallest absolute Gasteiger partial charge is 0.237 e. The molecule has 0 aromatic heterocycles. The number of amides is 1. The topological polar surface area (TPSA) is 32.8 Å². The van der Waals surface area contributed by atoms with Crippen molar-refractivity contribution in [3.63, 3.8) is 0 Å². The SMILES string of the molecule is O=C(CN1CCOc2ccccc2C1)N1CCCc2ccccc2C1. The molecule has 4 heteroatoms. The van der Waals surface area contributed by atoms with Crippen LogP contribution in [0.3, 0.4) is 0 Å². The Kier molecular flexibility index (Phi) is 4.70. The zero-order valence-electron chi connectivity index (χ0n) is 14.5. The van der Waals surface area contributed by atoms with E-state index in [1.54, 1.807) is 0 Å². The lowest BCUT2D eigenvalue weighted by molar-refractivity contribution is -0.133. The molecule has 4 nitrogen and oxygen atoms in total. The molecule has 0 aliphatic carbocycles. The molecule has 2 aromatic rings. The first-order valence-electron chi connectivity index (χ1n) is 9.07. The minimum atomic E-state index is 0.219. The fraction of sp³-hybridized carbons (Fsp3) is 0.381. The molecule has 2 heterocycles. The van der Waals surface area contributed by atoms with E-state index in [0.717, 1.165) is 50.3 Å². The van der Waals surface area contributed by atoms with Gasteiger partial charge in [-0.1, -0.05) is 42.5 Å². The molecular formula is C21H24N2O2. The maximum absolute atomic E-state index is 12.9. The Labute approximate surface area is 149 Å². The van der Waals surface area contributed by atoms with Crippen LogP contribution < -0.4 is 4.74 Å². The van der Waals surface area contributed by atoms with Crippen LogP contribution in [0.1, 0.15) is 23.1 Å². The largest absolute Gasteiger partial charge is 0.492 e. The Morgan fingerprint density at radius 3 is 2.56 bits per heavy atom. The highest BCUT2D eigenvalue weighted by Gasteiger charge is 2.22. The van der Waals surface area contributed by atoms with Crippen molar-refractivity contribution in [1.29, 1.82) is 0 Å². The third kappa shape index (κ3) is 3.69. The van der Waals surface area contributed by atoms with Gasteiger partial charge in [-0.3, -0.25) is 9.69 Å². The number of para-hydroxylation sites is 1. The molecule has 0 spiro atoms. The van der Waals surface area contributed by atoms with Gasteiger partial charge in [-0.05, 0) is 30.0 Å². The number of aryl methyl sites for hydroxylation is 1. The van der Waals surface area contributed by atoms with Crippen molar-refractivity contribution in [2.45, 2.75) is 25.9 Å². The average Bonchev–Trinajstić information content (AvgIpc) is 2.97. The van der Waals surface area contributed by atoms with E-state index < -0.39 is 0 Å². The highest BCUT2D eigenvalue weighted by molar-refractivity contribution is 5.78. The summed E-state index contributed by atoms with van der Waals surface area (Å²) in [7, 11) is 0. The van der Waals surface area contributed by atoms with Crippen molar-refractivity contribution in [2.75, 3.05) is 26.2 Å². The zero-order chi connectivity index (χ0) is 17.1. The quantitative estimate of drug-likeness (QED) is 0.845. The average molecular weight is 336 g/mol. The van der Waals surface area contributed by atoms with Crippen LogP contribution in [0.5, 0.6) is 5.75 Å². The number of hydrogen-bond acceptors (Lipinski definition) is 3. The van der Waals surface area contributed by atoms with Crippen LogP contribution in [0.25, 0.3) is 0 Å². The lowest BCUT2D eigenvalue weighted by atomic mass is 10.0. The summed E-state index contributed by atoms with van der Waals surface area (Å²) in [6.45, 7) is 4.22. The molecule has 2 aromatic carbocycles. The van der Waals surface area contributed by atoms with Gasteiger partial charge >= 0.3 is 0 Å². The van der Waals surface area contributed by atoms with E-state index in [4.69, 9.17) is 4.74 Å². The summed E-state index contributed by atoms with van der Waals surface area (Å²) in [5, 5.41) is 0. The summed E-state index contributed by atoms with van der Waals surface area (Å²) in [4.78, 5) is 17.1. The van der Waals surface area contributed by atoms with Gasteiger partial charge in [-0.15, -0.1) is 0 Å². The Morgan fingerprint density at radius 2 is 1.68 bits per heavy atom. The van der Waals surface area contributed by atoms with E-state index >= 15 is 0 Å². The van der Waals surface area contributed by atoms with Crippen molar-refractivity contribution in [3.8, 4) is 5.75 Å². The Morgan fingerprint density at radius 1 is 0.920 bits per heavy atom. The first kappa shape index (κ1) is 16.2. The van der Waals surface area contributed by atoms with Crippen LogP contribution in [-0.2, 0) is 24.3 Å². The summed E-state index contributed by atoms with van der Waals surface area (Å²) in [5.74, 6) is 1.16. The molecule has 4 rings (SSSR count). The fourth-order valence-electron chi connectivity index (χ4n) is 3.72. The lowest BCUT2D eigenvalue weighted by Gasteiger charge is -2.25. The number of rotatable bonds is 2. The van der Waals surface area contributed by atoms with Crippen LogP contribution in [-0.4, -0.2) is 41.9 Å². The number of carbonyl (C=O) groups excluding carboxylic acids is 1. The van der Waals surface area contributed by atoms with Gasteiger partial charge in [0.05, 0.1) is 6.54 Å². The van der Waals surface area contributed by atoms with E-state index in [0.29, 0.717) is 13.2 Å². The molecule has 2 aliphatic rings. The van der Waals surface area contributed by atoms with Crippen LogP contribution in [0, 0.1) is 0 Å². The van der Waals surface area contributed by atoms with Crippen molar-refractivity contribution in [3.05, 3.63) is 65.2 Å². The minimum Gasteiger partial charge on any atom is -0.492 e. The van der Waals surface area contributed by atoms with Crippen molar-refractivity contribution in [1.82, 2.24) is 9.80 Å². The first-order valence-corrected chi connectivity index (χ1v) is 9.07. The number of hydrogen-bond donors (Lipinski definition) is 0. The van der Waals surface area contributed by atoms with E-state index in [1.165, 1.54) is 11.1 Å². The minimum absolute atomic E-state index is 0.219. The van der Waals surface area contributed by atoms with E-state index in [1.807, 2.05) is 23.1 Å². The molecule has 2 aliphatic heterocycles. The molecular weight excluding hydrogens is 312 g/mol. The van der Waals surface area contributed by atoms with Crippen LogP contribution >= 0.6 is 0 Å². The molecule has 25 heavy (non-hydrogen) atoms. The molecule has 1 amide bonds. The molecule has 0 bridgehead atoms. The number of ether oxygens (including phenoxy) is 1. The summed E-state index contributed by atoms with van der Waals surface area (Å²) in [6, 6.07) is 16.6. The van der Waals surface area contributed by atoms with Gasteiger partial charge in [0.1, 0.15) is 12.4 Å². The normalized spacial score (nSPS) is 17.7. The van der Waals surface area contributed by atoms with E-state index in [2.05, 4.69) is 35.2 Å². The zero-order valence-corrected chi connectivity index (χ0v) is 14.5. The summed E-state index contributed by atoms with van der Waals surface area (Å²) < 4.78 is 5.81. The highest BCUT2D eigenvalue weighted by atomic mass is 16.5. The summed E-state index contributed by atoms with van der Waals surface area (Å²) in [6.07, 6.45) is 2.10. The number of nitrogens with zero attached hydrogens (tertiary/aromatic N) is 2. The molecule has 130 valence electrons. The van der Waals surface area contributed by atoms with Gasteiger partial charge in [0, 0.05) is 31.7 Å². The summed E-state index contributed by atoms with van der Waals surface area (Å²) in [5.41, 5.74) is 3.84. The van der Waals surface area contributed by atoms with Crippen molar-refractivity contribution >= 4 is 5.91 Å². The molecule has 0 atom stereocenters. The molecule has 0 unspecified atom stereocenters. The standard InChI is InChI=1S/C21H24N2O2/c24-21(23-11-5-9-17-6-1-2-7-18(17)15-23)16-22-12-13-25-20-10-4-3-8-19(20)14-22/h1-4,6-8,10H,5,9,11-16H2. The predicted molar refractivity (Wildman–Crippen MR) is 97.4 cm³/mol. The third-order valence-corrected chi connectivity index (χ3v) is 5.10. The van der Waals surface area contributed by atoms with Gasteiger partial charge in [-0.2, -0.15) is 0 Å². The van der Waals surface area contributed by atoms with Crippen LogP contribution in [0.4, 0.5) is 0 Å². The second-order valence-electron chi connectivity index (χ2n) is 6.85. The van der Waals surface area contributed by atoms with Gasteiger partial charge in [0.15, 0.2) is 0 Å². The maximum atomic E-state index is 12.9. The molecule has 0 fully saturated rings. The van der Waals surface area contributed by atoms with Crippen LogP contribution in [0.2, 0.25) is 0 Å². The number of carbonyl (C=O) groups is 1.